The molecule has 1 amide bonds. The summed E-state index contributed by atoms with van der Waals surface area (Å²) < 4.78 is 16.8. The van der Waals surface area contributed by atoms with Gasteiger partial charge in [-0.25, -0.2) is 9.07 Å². The van der Waals surface area contributed by atoms with Crippen molar-refractivity contribution in [1.82, 2.24) is 19.7 Å². The minimum Gasteiger partial charge on any atom is -0.352 e. The molecule has 0 aliphatic heterocycles. The van der Waals surface area contributed by atoms with Crippen LogP contribution in [-0.4, -0.2) is 33.1 Å². The van der Waals surface area contributed by atoms with Crippen LogP contribution < -0.4 is 5.32 Å². The largest absolute Gasteiger partial charge is 0.352 e. The second-order valence-electron chi connectivity index (χ2n) is 6.71. The summed E-state index contributed by atoms with van der Waals surface area (Å²) >= 11 is 1.70. The summed E-state index contributed by atoms with van der Waals surface area (Å²) in [7, 11) is 0. The summed E-state index contributed by atoms with van der Waals surface area (Å²) in [6.07, 6.45) is 8.03. The second-order valence-corrected chi connectivity index (χ2v) is 7.59. The van der Waals surface area contributed by atoms with Crippen molar-refractivity contribution in [2.45, 2.75) is 11.3 Å². The van der Waals surface area contributed by atoms with E-state index in [1.807, 2.05) is 35.3 Å². The van der Waals surface area contributed by atoms with Crippen molar-refractivity contribution in [2.75, 3.05) is 12.8 Å². The Morgan fingerprint density at radius 2 is 1.77 bits per heavy atom. The molecular formula is C23H21FN4OS. The van der Waals surface area contributed by atoms with Gasteiger partial charge >= 0.3 is 0 Å². The lowest BCUT2D eigenvalue weighted by Gasteiger charge is -2.11. The molecule has 2 aromatic heterocycles. The highest BCUT2D eigenvalue weighted by Crippen LogP contribution is 2.20. The molecule has 152 valence electrons. The van der Waals surface area contributed by atoms with Crippen molar-refractivity contribution in [3.05, 3.63) is 96.2 Å². The molecule has 0 spiro atoms. The van der Waals surface area contributed by atoms with E-state index in [9.17, 15) is 9.18 Å². The highest BCUT2D eigenvalue weighted by Gasteiger charge is 2.19. The molecule has 0 bridgehead atoms. The fourth-order valence-electron chi connectivity index (χ4n) is 3.21. The summed E-state index contributed by atoms with van der Waals surface area (Å²) in [5, 5.41) is 7.37. The molecule has 0 atom stereocenters. The van der Waals surface area contributed by atoms with Crippen LogP contribution in [0.25, 0.3) is 11.5 Å². The minimum atomic E-state index is -0.322. The summed E-state index contributed by atoms with van der Waals surface area (Å²) in [6, 6.07) is 18.1. The second kappa shape index (κ2) is 9.00. The Morgan fingerprint density at radius 1 is 1.07 bits per heavy atom. The van der Waals surface area contributed by atoms with Gasteiger partial charge in [-0.1, -0.05) is 12.1 Å². The normalized spacial score (nSPS) is 10.9. The maximum absolute atomic E-state index is 13.3. The first-order valence-electron chi connectivity index (χ1n) is 9.54. The molecule has 0 saturated heterocycles. The fourth-order valence-corrected chi connectivity index (χ4v) is 3.61. The number of carbonyl (C=O) groups excluding carboxylic acids is 1. The Kier molecular flexibility index (Phi) is 5.99. The van der Waals surface area contributed by atoms with E-state index in [4.69, 9.17) is 0 Å². The number of thioether (sulfide) groups is 1. The minimum absolute atomic E-state index is 0.201. The van der Waals surface area contributed by atoms with Gasteiger partial charge in [0.1, 0.15) is 11.4 Å². The average molecular weight is 421 g/mol. The van der Waals surface area contributed by atoms with Crippen LogP contribution in [0.1, 0.15) is 15.9 Å². The number of nitrogens with one attached hydrogen (secondary N) is 1. The lowest BCUT2D eigenvalue weighted by Crippen LogP contribution is -2.26. The summed E-state index contributed by atoms with van der Waals surface area (Å²) in [5.41, 5.74) is 2.29. The van der Waals surface area contributed by atoms with Gasteiger partial charge in [0.2, 0.25) is 0 Å². The number of benzene rings is 2. The molecule has 2 aromatic carbocycles. The summed E-state index contributed by atoms with van der Waals surface area (Å²) in [5.74, 6) is 0.0816. The number of aromatic nitrogens is 3. The standard InChI is InChI=1S/C23H21FN4OS/c1-30-20-10-4-17(5-11-20)12-13-25-22(29)21-16-26-28(19-8-6-18(24)7-9-19)23(21)27-14-2-3-15-27/h2-11,14-16H,12-13H2,1H3,(H,25,29). The molecule has 5 nitrogen and oxygen atoms in total. The van der Waals surface area contributed by atoms with Crippen molar-refractivity contribution in [3.63, 3.8) is 0 Å². The molecule has 30 heavy (non-hydrogen) atoms. The van der Waals surface area contributed by atoms with Gasteiger partial charge in [-0.15, -0.1) is 11.8 Å². The van der Waals surface area contributed by atoms with Crippen molar-refractivity contribution in [2.24, 2.45) is 0 Å². The van der Waals surface area contributed by atoms with Crippen LogP contribution in [-0.2, 0) is 6.42 Å². The number of hydrogen-bond acceptors (Lipinski definition) is 3. The molecule has 0 fully saturated rings. The number of rotatable bonds is 7. The van der Waals surface area contributed by atoms with E-state index >= 15 is 0 Å². The van der Waals surface area contributed by atoms with Crippen LogP contribution in [0, 0.1) is 5.82 Å². The van der Waals surface area contributed by atoms with Gasteiger partial charge in [-0.3, -0.25) is 4.79 Å². The first-order valence-corrected chi connectivity index (χ1v) is 10.8. The van der Waals surface area contributed by atoms with Gasteiger partial charge in [-0.2, -0.15) is 5.10 Å². The van der Waals surface area contributed by atoms with Crippen LogP contribution in [0.3, 0.4) is 0 Å². The molecule has 4 rings (SSSR count). The zero-order valence-electron chi connectivity index (χ0n) is 16.5. The van der Waals surface area contributed by atoms with Gasteiger partial charge in [0, 0.05) is 23.8 Å². The van der Waals surface area contributed by atoms with Crippen molar-refractivity contribution in [1.29, 1.82) is 0 Å². The van der Waals surface area contributed by atoms with E-state index in [0.717, 1.165) is 6.42 Å². The summed E-state index contributed by atoms with van der Waals surface area (Å²) in [4.78, 5) is 14.1. The molecule has 0 aliphatic rings. The number of hydrogen-bond donors (Lipinski definition) is 1. The van der Waals surface area contributed by atoms with Gasteiger partial charge < -0.3 is 9.88 Å². The van der Waals surface area contributed by atoms with Crippen LogP contribution in [0.15, 0.2) is 84.1 Å². The maximum atomic E-state index is 13.3. The van der Waals surface area contributed by atoms with E-state index in [-0.39, 0.29) is 11.7 Å². The predicted molar refractivity (Wildman–Crippen MR) is 117 cm³/mol. The monoisotopic (exact) mass is 420 g/mol. The third-order valence-corrected chi connectivity index (χ3v) is 5.51. The third kappa shape index (κ3) is 4.31. The quantitative estimate of drug-likeness (QED) is 0.448. The van der Waals surface area contributed by atoms with Crippen molar-refractivity contribution < 1.29 is 9.18 Å². The first-order chi connectivity index (χ1) is 14.7. The Hall–Kier alpha value is -3.32. The van der Waals surface area contributed by atoms with Crippen molar-refractivity contribution in [3.8, 4) is 11.5 Å². The van der Waals surface area contributed by atoms with Gasteiger partial charge in [-0.05, 0) is 66.8 Å². The zero-order valence-corrected chi connectivity index (χ0v) is 17.3. The van der Waals surface area contributed by atoms with Crippen LogP contribution in [0.4, 0.5) is 4.39 Å². The van der Waals surface area contributed by atoms with E-state index in [1.54, 1.807) is 34.8 Å². The lowest BCUT2D eigenvalue weighted by atomic mass is 10.1. The Labute approximate surface area is 178 Å². The molecule has 0 aliphatic carbocycles. The van der Waals surface area contributed by atoms with Gasteiger partial charge in [0.05, 0.1) is 11.9 Å². The summed E-state index contributed by atoms with van der Waals surface area (Å²) in [6.45, 7) is 0.518. The zero-order chi connectivity index (χ0) is 20.9. The van der Waals surface area contributed by atoms with Crippen molar-refractivity contribution >= 4 is 17.7 Å². The SMILES string of the molecule is CSc1ccc(CCNC(=O)c2cnn(-c3ccc(F)cc3)c2-n2cccc2)cc1. The average Bonchev–Trinajstić information content (AvgIpc) is 3.44. The number of nitrogens with zero attached hydrogens (tertiary/aromatic N) is 3. The smallest absolute Gasteiger partial charge is 0.256 e. The van der Waals surface area contributed by atoms with Crippen LogP contribution in [0.5, 0.6) is 0 Å². The van der Waals surface area contributed by atoms with Crippen LogP contribution in [0.2, 0.25) is 0 Å². The molecule has 4 aromatic rings. The topological polar surface area (TPSA) is 51.9 Å². The van der Waals surface area contributed by atoms with Crippen LogP contribution >= 0.6 is 11.8 Å². The first kappa shape index (κ1) is 20.0. The highest BCUT2D eigenvalue weighted by molar-refractivity contribution is 7.98. The fraction of sp³-hybridized carbons (Fsp3) is 0.130. The highest BCUT2D eigenvalue weighted by atomic mass is 32.2. The Bertz CT molecular complexity index is 1120. The van der Waals surface area contributed by atoms with E-state index in [0.29, 0.717) is 23.6 Å². The third-order valence-electron chi connectivity index (χ3n) is 4.77. The maximum Gasteiger partial charge on any atom is 0.256 e. The molecule has 2 heterocycles. The molecule has 1 N–H and O–H groups in total. The molecular weight excluding hydrogens is 399 g/mol. The number of carbonyl (C=O) groups is 1. The Morgan fingerprint density at radius 3 is 2.43 bits per heavy atom. The molecule has 0 unspecified atom stereocenters. The van der Waals surface area contributed by atoms with E-state index < -0.39 is 0 Å². The Balaban J connectivity index is 1.54. The van der Waals surface area contributed by atoms with E-state index in [2.05, 4.69) is 34.7 Å². The molecule has 0 saturated carbocycles. The van der Waals surface area contributed by atoms with E-state index in [1.165, 1.54) is 22.6 Å². The molecule has 0 radical (unpaired) electrons. The van der Waals surface area contributed by atoms with Gasteiger partial charge in [0.25, 0.3) is 5.91 Å². The predicted octanol–water partition coefficient (Wildman–Crippen LogP) is 4.50. The number of halogens is 1. The number of amides is 1. The van der Waals surface area contributed by atoms with Gasteiger partial charge in [0.15, 0.2) is 5.82 Å². The molecule has 7 heteroatoms. The lowest BCUT2D eigenvalue weighted by molar-refractivity contribution is 0.0954.